The zero-order valence-electron chi connectivity index (χ0n) is 9.74. The summed E-state index contributed by atoms with van der Waals surface area (Å²) >= 11 is 0.969. The van der Waals surface area contributed by atoms with E-state index in [1.54, 1.807) is 6.92 Å². The van der Waals surface area contributed by atoms with Crippen LogP contribution in [0.1, 0.15) is 35.8 Å². The van der Waals surface area contributed by atoms with Crippen molar-refractivity contribution >= 4 is 28.5 Å². The van der Waals surface area contributed by atoms with Crippen LogP contribution in [0.3, 0.4) is 0 Å². The fourth-order valence-electron chi connectivity index (χ4n) is 1.23. The van der Waals surface area contributed by atoms with E-state index in [0.717, 1.165) is 24.4 Å². The Morgan fingerprint density at radius 3 is 2.76 bits per heavy atom. The number of aryl methyl sites for hydroxylation is 1. The van der Waals surface area contributed by atoms with Gasteiger partial charge < -0.3 is 10.4 Å². The second-order valence-electron chi connectivity index (χ2n) is 3.51. The van der Waals surface area contributed by atoms with Crippen molar-refractivity contribution in [2.45, 2.75) is 26.7 Å². The predicted molar refractivity (Wildman–Crippen MR) is 65.7 cm³/mol. The maximum absolute atomic E-state index is 11.4. The van der Waals surface area contributed by atoms with Crippen molar-refractivity contribution in [2.24, 2.45) is 0 Å². The van der Waals surface area contributed by atoms with Crippen molar-refractivity contribution in [3.63, 3.8) is 0 Å². The van der Waals surface area contributed by atoms with E-state index in [1.165, 1.54) is 0 Å². The van der Waals surface area contributed by atoms with E-state index in [4.69, 9.17) is 5.11 Å². The topological polar surface area (TPSA) is 91.3 Å². The van der Waals surface area contributed by atoms with Gasteiger partial charge in [-0.25, -0.2) is 9.59 Å². The molecule has 3 N–H and O–H groups in total. The number of carboxylic acid groups (broad SMARTS) is 1. The quantitative estimate of drug-likeness (QED) is 0.704. The summed E-state index contributed by atoms with van der Waals surface area (Å²) in [7, 11) is 0. The van der Waals surface area contributed by atoms with Gasteiger partial charge in [0.15, 0.2) is 0 Å². The minimum absolute atomic E-state index is 0.0561. The van der Waals surface area contributed by atoms with Crippen molar-refractivity contribution in [2.75, 3.05) is 11.9 Å². The van der Waals surface area contributed by atoms with Crippen molar-refractivity contribution in [3.05, 3.63) is 11.3 Å². The first-order valence-corrected chi connectivity index (χ1v) is 6.08. The maximum Gasteiger partial charge on any atom is 0.340 e. The first-order valence-electron chi connectivity index (χ1n) is 5.30. The minimum atomic E-state index is -1.08. The lowest BCUT2D eigenvalue weighted by atomic mass is 10.2. The number of amides is 2. The summed E-state index contributed by atoms with van der Waals surface area (Å²) in [6.45, 7) is 4.19. The molecule has 17 heavy (non-hydrogen) atoms. The maximum atomic E-state index is 11.4. The number of carbonyl (C=O) groups is 2. The highest BCUT2D eigenvalue weighted by molar-refractivity contribution is 7.11. The molecule has 0 unspecified atom stereocenters. The third-order valence-electron chi connectivity index (χ3n) is 2.12. The van der Waals surface area contributed by atoms with Crippen LogP contribution in [0.15, 0.2) is 0 Å². The molecule has 0 saturated carbocycles. The standard InChI is InChI=1S/C10H15N3O3S/c1-3-4-5-11-10(16)12-8-7(9(14)15)6(2)13-17-8/h3-5H2,1-2H3,(H,14,15)(H2,11,12,16). The summed E-state index contributed by atoms with van der Waals surface area (Å²) in [5, 5.41) is 14.4. The number of carboxylic acids is 1. The van der Waals surface area contributed by atoms with Gasteiger partial charge in [0.25, 0.3) is 0 Å². The van der Waals surface area contributed by atoms with E-state index in [2.05, 4.69) is 15.0 Å². The molecular weight excluding hydrogens is 242 g/mol. The molecule has 1 aromatic heterocycles. The van der Waals surface area contributed by atoms with Gasteiger partial charge in [-0.05, 0) is 24.9 Å². The molecule has 94 valence electrons. The zero-order valence-corrected chi connectivity index (χ0v) is 10.6. The molecule has 0 aliphatic heterocycles. The van der Waals surface area contributed by atoms with E-state index in [1.807, 2.05) is 6.92 Å². The third kappa shape index (κ3) is 3.70. The first-order chi connectivity index (χ1) is 8.06. The van der Waals surface area contributed by atoms with Gasteiger partial charge >= 0.3 is 12.0 Å². The Hall–Kier alpha value is -1.63. The van der Waals surface area contributed by atoms with Crippen LogP contribution in [0.5, 0.6) is 0 Å². The van der Waals surface area contributed by atoms with Gasteiger partial charge in [-0.3, -0.25) is 5.32 Å². The molecule has 0 bridgehead atoms. The second-order valence-corrected chi connectivity index (χ2v) is 4.29. The molecule has 0 saturated heterocycles. The summed E-state index contributed by atoms with van der Waals surface area (Å²) in [5.41, 5.74) is 0.465. The zero-order chi connectivity index (χ0) is 12.8. The molecule has 7 heteroatoms. The van der Waals surface area contributed by atoms with Crippen LogP contribution in [0.25, 0.3) is 0 Å². The number of aromatic carboxylic acids is 1. The normalized spacial score (nSPS) is 10.0. The minimum Gasteiger partial charge on any atom is -0.478 e. The Balaban J connectivity index is 2.62. The Labute approximate surface area is 103 Å². The highest BCUT2D eigenvalue weighted by Crippen LogP contribution is 2.24. The molecule has 0 aliphatic rings. The van der Waals surface area contributed by atoms with Crippen molar-refractivity contribution in [1.29, 1.82) is 0 Å². The molecular formula is C10H15N3O3S. The van der Waals surface area contributed by atoms with Crippen LogP contribution in [-0.2, 0) is 0 Å². The Bertz CT molecular complexity index is 417. The molecule has 0 spiro atoms. The van der Waals surface area contributed by atoms with E-state index in [0.29, 0.717) is 12.2 Å². The van der Waals surface area contributed by atoms with Crippen LogP contribution in [-0.4, -0.2) is 28.0 Å². The highest BCUT2D eigenvalue weighted by Gasteiger charge is 2.18. The van der Waals surface area contributed by atoms with Gasteiger partial charge in [-0.15, -0.1) is 0 Å². The lowest BCUT2D eigenvalue weighted by Gasteiger charge is -2.05. The average molecular weight is 257 g/mol. The first kappa shape index (κ1) is 13.4. The molecule has 6 nitrogen and oxygen atoms in total. The molecule has 1 aromatic rings. The van der Waals surface area contributed by atoms with Crippen LogP contribution < -0.4 is 10.6 Å². The largest absolute Gasteiger partial charge is 0.478 e. The summed E-state index contributed by atoms with van der Waals surface area (Å²) in [5.74, 6) is -1.08. The molecule has 0 atom stereocenters. The van der Waals surface area contributed by atoms with Crippen LogP contribution in [0.2, 0.25) is 0 Å². The number of rotatable bonds is 5. The van der Waals surface area contributed by atoms with Crippen LogP contribution >= 0.6 is 11.5 Å². The molecule has 1 rings (SSSR count). The SMILES string of the molecule is CCCCNC(=O)Nc1snc(C)c1C(=O)O. The molecule has 0 fully saturated rings. The lowest BCUT2D eigenvalue weighted by Crippen LogP contribution is -2.29. The molecule has 0 aromatic carbocycles. The van der Waals surface area contributed by atoms with Gasteiger partial charge in [0, 0.05) is 6.54 Å². The number of unbranched alkanes of at least 4 members (excludes halogenated alkanes) is 1. The Kier molecular flexibility index (Phi) is 4.89. The number of hydrogen-bond donors (Lipinski definition) is 3. The number of carbonyl (C=O) groups excluding carboxylic acids is 1. The number of hydrogen-bond acceptors (Lipinski definition) is 4. The summed E-state index contributed by atoms with van der Waals surface area (Å²) in [6, 6.07) is -0.399. The fourth-order valence-corrected chi connectivity index (χ4v) is 2.02. The van der Waals surface area contributed by atoms with E-state index >= 15 is 0 Å². The van der Waals surface area contributed by atoms with E-state index in [-0.39, 0.29) is 10.6 Å². The summed E-state index contributed by atoms with van der Waals surface area (Å²) in [6.07, 6.45) is 1.88. The van der Waals surface area contributed by atoms with Gasteiger partial charge in [0.2, 0.25) is 0 Å². The van der Waals surface area contributed by atoms with Crippen molar-refractivity contribution < 1.29 is 14.7 Å². The molecule has 0 aliphatic carbocycles. The number of aromatic nitrogens is 1. The average Bonchev–Trinajstić information content (AvgIpc) is 2.60. The molecule has 2 amide bonds. The summed E-state index contributed by atoms with van der Waals surface area (Å²) < 4.78 is 3.91. The molecule has 1 heterocycles. The number of nitrogens with one attached hydrogen (secondary N) is 2. The van der Waals surface area contributed by atoms with Crippen LogP contribution in [0, 0.1) is 6.92 Å². The van der Waals surface area contributed by atoms with Crippen molar-refractivity contribution in [3.8, 4) is 0 Å². The summed E-state index contributed by atoms with van der Waals surface area (Å²) in [4.78, 5) is 22.4. The van der Waals surface area contributed by atoms with Crippen LogP contribution in [0.4, 0.5) is 9.80 Å². The molecule has 0 radical (unpaired) electrons. The third-order valence-corrected chi connectivity index (χ3v) is 2.97. The van der Waals surface area contributed by atoms with Gasteiger partial charge in [0.1, 0.15) is 10.6 Å². The smallest absolute Gasteiger partial charge is 0.340 e. The fraction of sp³-hybridized carbons (Fsp3) is 0.500. The van der Waals surface area contributed by atoms with Gasteiger partial charge in [0.05, 0.1) is 5.69 Å². The lowest BCUT2D eigenvalue weighted by molar-refractivity contribution is 0.0697. The number of nitrogens with zero attached hydrogens (tertiary/aromatic N) is 1. The predicted octanol–water partition coefficient (Wildman–Crippen LogP) is 2.07. The Morgan fingerprint density at radius 2 is 2.18 bits per heavy atom. The Morgan fingerprint density at radius 1 is 1.47 bits per heavy atom. The van der Waals surface area contributed by atoms with Gasteiger partial charge in [-0.2, -0.15) is 4.37 Å². The second kappa shape index (κ2) is 6.19. The van der Waals surface area contributed by atoms with E-state index in [9.17, 15) is 9.59 Å². The van der Waals surface area contributed by atoms with E-state index < -0.39 is 12.0 Å². The number of anilines is 1. The van der Waals surface area contributed by atoms with Crippen molar-refractivity contribution in [1.82, 2.24) is 9.69 Å². The monoisotopic (exact) mass is 257 g/mol. The number of urea groups is 1. The highest BCUT2D eigenvalue weighted by atomic mass is 32.1. The van der Waals surface area contributed by atoms with Gasteiger partial charge in [-0.1, -0.05) is 13.3 Å².